The van der Waals surface area contributed by atoms with Gasteiger partial charge in [0.15, 0.2) is 0 Å². The minimum atomic E-state index is -0.495. The van der Waals surface area contributed by atoms with Gasteiger partial charge in [-0.3, -0.25) is 14.9 Å². The molecule has 2 atom stereocenters. The highest BCUT2D eigenvalue weighted by Crippen LogP contribution is 2.11. The van der Waals surface area contributed by atoms with E-state index in [1.54, 1.807) is 27.7 Å². The zero-order valence-corrected chi connectivity index (χ0v) is 10.5. The van der Waals surface area contributed by atoms with E-state index in [9.17, 15) is 9.59 Å². The van der Waals surface area contributed by atoms with Gasteiger partial charge in [-0.05, 0) is 27.7 Å². The topological polar surface area (TPSA) is 101 Å². The SMILES string of the molecule is Cc1nc(C)c(C(C)NC(C)C(N)=O)c(=O)[nH]1. The van der Waals surface area contributed by atoms with Crippen molar-refractivity contribution in [1.82, 2.24) is 15.3 Å². The molecule has 1 rings (SSSR count). The van der Waals surface area contributed by atoms with Crippen LogP contribution in [0.5, 0.6) is 0 Å². The van der Waals surface area contributed by atoms with Crippen LogP contribution < -0.4 is 16.6 Å². The summed E-state index contributed by atoms with van der Waals surface area (Å²) in [5.74, 6) is 0.123. The van der Waals surface area contributed by atoms with Gasteiger partial charge >= 0.3 is 0 Å². The molecule has 0 bridgehead atoms. The van der Waals surface area contributed by atoms with Gasteiger partial charge in [-0.1, -0.05) is 0 Å². The maximum Gasteiger partial charge on any atom is 0.255 e. The summed E-state index contributed by atoms with van der Waals surface area (Å²) < 4.78 is 0. The minimum absolute atomic E-state index is 0.188. The Morgan fingerprint density at radius 1 is 1.41 bits per heavy atom. The van der Waals surface area contributed by atoms with Crippen LogP contribution in [0, 0.1) is 13.8 Å². The molecule has 0 radical (unpaired) electrons. The Bertz CT molecular complexity index is 481. The minimum Gasteiger partial charge on any atom is -0.368 e. The number of primary amides is 1. The Balaban J connectivity index is 3.01. The maximum absolute atomic E-state index is 11.8. The van der Waals surface area contributed by atoms with Crippen LogP contribution in [0.15, 0.2) is 4.79 Å². The van der Waals surface area contributed by atoms with Gasteiger partial charge in [-0.2, -0.15) is 0 Å². The third-order valence-electron chi connectivity index (χ3n) is 2.62. The highest BCUT2D eigenvalue weighted by atomic mass is 16.1. The molecule has 0 fully saturated rings. The lowest BCUT2D eigenvalue weighted by Gasteiger charge is -2.18. The molecule has 2 unspecified atom stereocenters. The molecule has 0 aliphatic rings. The maximum atomic E-state index is 11.8. The molecule has 17 heavy (non-hydrogen) atoms. The summed E-state index contributed by atoms with van der Waals surface area (Å²) in [7, 11) is 0. The highest BCUT2D eigenvalue weighted by Gasteiger charge is 2.18. The van der Waals surface area contributed by atoms with Gasteiger partial charge in [0.2, 0.25) is 5.91 Å². The summed E-state index contributed by atoms with van der Waals surface area (Å²) in [6, 6.07) is -0.778. The van der Waals surface area contributed by atoms with Crippen LogP contribution in [-0.4, -0.2) is 21.9 Å². The number of nitrogens with two attached hydrogens (primary N) is 1. The number of amides is 1. The fourth-order valence-corrected chi connectivity index (χ4v) is 1.79. The zero-order chi connectivity index (χ0) is 13.2. The number of hydrogen-bond acceptors (Lipinski definition) is 4. The molecule has 0 aromatic carbocycles. The summed E-state index contributed by atoms with van der Waals surface area (Å²) in [6.45, 7) is 6.95. The van der Waals surface area contributed by atoms with Crippen molar-refractivity contribution in [3.63, 3.8) is 0 Å². The van der Waals surface area contributed by atoms with Crippen LogP contribution >= 0.6 is 0 Å². The van der Waals surface area contributed by atoms with Crippen LogP contribution in [0.25, 0.3) is 0 Å². The number of aryl methyl sites for hydroxylation is 2. The van der Waals surface area contributed by atoms with E-state index in [-0.39, 0.29) is 11.6 Å². The van der Waals surface area contributed by atoms with E-state index in [1.807, 2.05) is 0 Å². The first-order valence-electron chi connectivity index (χ1n) is 5.45. The van der Waals surface area contributed by atoms with Gasteiger partial charge in [0, 0.05) is 11.7 Å². The molecule has 0 aliphatic carbocycles. The molecule has 6 heteroatoms. The standard InChI is InChI=1S/C11H18N4O2/c1-5(13-7(3)10(12)16)9-6(2)14-8(4)15-11(9)17/h5,7,13H,1-4H3,(H2,12,16)(H,14,15,17). The summed E-state index contributed by atoms with van der Waals surface area (Å²) in [5.41, 5.74) is 6.16. The van der Waals surface area contributed by atoms with Crippen molar-refractivity contribution < 1.29 is 4.79 Å². The number of hydrogen-bond donors (Lipinski definition) is 3. The molecule has 0 saturated heterocycles. The number of carbonyl (C=O) groups is 1. The monoisotopic (exact) mass is 238 g/mol. The number of nitrogens with one attached hydrogen (secondary N) is 2. The van der Waals surface area contributed by atoms with Gasteiger partial charge < -0.3 is 10.7 Å². The number of aromatic amines is 1. The number of aromatic nitrogens is 2. The average molecular weight is 238 g/mol. The van der Waals surface area contributed by atoms with Gasteiger partial charge in [0.05, 0.1) is 11.6 Å². The van der Waals surface area contributed by atoms with E-state index in [0.29, 0.717) is 17.1 Å². The van der Waals surface area contributed by atoms with E-state index in [0.717, 1.165) is 0 Å². The van der Waals surface area contributed by atoms with E-state index in [1.165, 1.54) is 0 Å². The molecule has 6 nitrogen and oxygen atoms in total. The lowest BCUT2D eigenvalue weighted by atomic mass is 10.1. The molecule has 94 valence electrons. The fourth-order valence-electron chi connectivity index (χ4n) is 1.79. The zero-order valence-electron chi connectivity index (χ0n) is 10.5. The lowest BCUT2D eigenvalue weighted by molar-refractivity contribution is -0.119. The van der Waals surface area contributed by atoms with Crippen LogP contribution in [0.3, 0.4) is 0 Å². The van der Waals surface area contributed by atoms with Crippen molar-refractivity contribution in [2.24, 2.45) is 5.73 Å². The van der Waals surface area contributed by atoms with Crippen LogP contribution in [0.1, 0.15) is 37.0 Å². The third kappa shape index (κ3) is 3.13. The second kappa shape index (κ2) is 5.09. The highest BCUT2D eigenvalue weighted by molar-refractivity contribution is 5.79. The number of carbonyl (C=O) groups excluding carboxylic acids is 1. The fraction of sp³-hybridized carbons (Fsp3) is 0.545. The molecule has 0 saturated carbocycles. The van der Waals surface area contributed by atoms with Crippen molar-refractivity contribution in [2.75, 3.05) is 0 Å². The van der Waals surface area contributed by atoms with Crippen LogP contribution in [0.2, 0.25) is 0 Å². The molecular formula is C11H18N4O2. The molecule has 4 N–H and O–H groups in total. The second-order valence-electron chi connectivity index (χ2n) is 4.16. The lowest BCUT2D eigenvalue weighted by Crippen LogP contribution is -2.41. The van der Waals surface area contributed by atoms with Gasteiger partial charge in [-0.25, -0.2) is 4.98 Å². The number of nitrogens with zero attached hydrogens (tertiary/aromatic N) is 1. The summed E-state index contributed by atoms with van der Waals surface area (Å²) >= 11 is 0. The van der Waals surface area contributed by atoms with Gasteiger partial charge in [0.1, 0.15) is 5.82 Å². The summed E-state index contributed by atoms with van der Waals surface area (Å²) in [6.07, 6.45) is 0. The summed E-state index contributed by atoms with van der Waals surface area (Å²) in [4.78, 5) is 29.6. The Kier molecular flexibility index (Phi) is 4.01. The van der Waals surface area contributed by atoms with E-state index >= 15 is 0 Å². The molecular weight excluding hydrogens is 220 g/mol. The van der Waals surface area contributed by atoms with Crippen molar-refractivity contribution in [1.29, 1.82) is 0 Å². The average Bonchev–Trinajstić information content (AvgIpc) is 2.15. The Morgan fingerprint density at radius 3 is 2.47 bits per heavy atom. The summed E-state index contributed by atoms with van der Waals surface area (Å²) in [5, 5.41) is 2.96. The third-order valence-corrected chi connectivity index (χ3v) is 2.62. The van der Waals surface area contributed by atoms with E-state index < -0.39 is 11.9 Å². The van der Waals surface area contributed by atoms with Crippen molar-refractivity contribution in [3.05, 3.63) is 27.4 Å². The van der Waals surface area contributed by atoms with Crippen molar-refractivity contribution in [2.45, 2.75) is 39.8 Å². The quantitative estimate of drug-likeness (QED) is 0.682. The van der Waals surface area contributed by atoms with Crippen molar-refractivity contribution >= 4 is 5.91 Å². The molecule has 0 spiro atoms. The first-order chi connectivity index (χ1) is 7.82. The molecule has 1 heterocycles. The predicted molar refractivity (Wildman–Crippen MR) is 64.5 cm³/mol. The second-order valence-corrected chi connectivity index (χ2v) is 4.16. The molecule has 1 amide bonds. The van der Waals surface area contributed by atoms with Gasteiger partial charge in [-0.15, -0.1) is 0 Å². The number of rotatable bonds is 4. The first-order valence-corrected chi connectivity index (χ1v) is 5.45. The van der Waals surface area contributed by atoms with Crippen LogP contribution in [0.4, 0.5) is 0 Å². The van der Waals surface area contributed by atoms with Crippen LogP contribution in [-0.2, 0) is 4.79 Å². The van der Waals surface area contributed by atoms with E-state index in [2.05, 4.69) is 15.3 Å². The molecule has 1 aromatic rings. The van der Waals surface area contributed by atoms with Crippen molar-refractivity contribution in [3.8, 4) is 0 Å². The first kappa shape index (κ1) is 13.4. The predicted octanol–water partition coefficient (Wildman–Crippen LogP) is -0.0889. The van der Waals surface area contributed by atoms with E-state index in [4.69, 9.17) is 5.73 Å². The van der Waals surface area contributed by atoms with Gasteiger partial charge in [0.25, 0.3) is 5.56 Å². The normalized spacial score (nSPS) is 14.4. The Labute approximate surface area is 99.6 Å². The largest absolute Gasteiger partial charge is 0.368 e. The molecule has 1 aromatic heterocycles. The Hall–Kier alpha value is -1.69. The molecule has 0 aliphatic heterocycles. The number of H-pyrrole nitrogens is 1. The smallest absolute Gasteiger partial charge is 0.255 e. The Morgan fingerprint density at radius 2 is 2.00 bits per heavy atom.